The van der Waals surface area contributed by atoms with Gasteiger partial charge in [0.25, 0.3) is 0 Å². The zero-order valence-corrected chi connectivity index (χ0v) is 13.1. The average Bonchev–Trinajstić information content (AvgIpc) is 3.04. The van der Waals surface area contributed by atoms with Gasteiger partial charge in [0.15, 0.2) is 0 Å². The molecule has 0 aliphatic carbocycles. The Balaban J connectivity index is 1.83. The maximum atomic E-state index is 4.39. The number of aromatic nitrogens is 3. The third-order valence-electron chi connectivity index (χ3n) is 4.15. The van der Waals surface area contributed by atoms with Crippen LogP contribution >= 0.6 is 0 Å². The number of aryl methyl sites for hydroxylation is 2. The van der Waals surface area contributed by atoms with Crippen molar-refractivity contribution in [2.75, 3.05) is 0 Å². The Morgan fingerprint density at radius 2 is 1.55 bits per heavy atom. The molecule has 112 valence electrons. The van der Waals surface area contributed by atoms with Gasteiger partial charge in [-0.05, 0) is 31.4 Å². The highest BCUT2D eigenvalue weighted by molar-refractivity contribution is 5.30. The molecule has 22 heavy (non-hydrogen) atoms. The summed E-state index contributed by atoms with van der Waals surface area (Å²) in [6, 6.07) is 21.0. The summed E-state index contributed by atoms with van der Waals surface area (Å²) in [6.07, 6.45) is 2.82. The quantitative estimate of drug-likeness (QED) is 0.715. The molecule has 0 unspecified atom stereocenters. The van der Waals surface area contributed by atoms with Gasteiger partial charge in [0.05, 0.1) is 0 Å². The summed E-state index contributed by atoms with van der Waals surface area (Å²) in [5.74, 6) is 1.01. The van der Waals surface area contributed by atoms with E-state index in [1.165, 1.54) is 11.1 Å². The molecule has 0 amide bonds. The van der Waals surface area contributed by atoms with Crippen molar-refractivity contribution in [3.8, 4) is 0 Å². The second kappa shape index (κ2) is 6.14. The first-order valence-electron chi connectivity index (χ1n) is 7.65. The van der Waals surface area contributed by atoms with E-state index in [0.717, 1.165) is 18.8 Å². The van der Waals surface area contributed by atoms with Crippen LogP contribution in [0.2, 0.25) is 0 Å². The summed E-state index contributed by atoms with van der Waals surface area (Å²) in [5, 5.41) is 8.53. The van der Waals surface area contributed by atoms with Gasteiger partial charge in [0, 0.05) is 12.0 Å². The Morgan fingerprint density at radius 3 is 2.23 bits per heavy atom. The summed E-state index contributed by atoms with van der Waals surface area (Å²) in [7, 11) is 0. The van der Waals surface area contributed by atoms with E-state index >= 15 is 0 Å². The molecule has 1 heterocycles. The van der Waals surface area contributed by atoms with Gasteiger partial charge in [-0.1, -0.05) is 60.7 Å². The Bertz CT molecular complexity index is 715. The topological polar surface area (TPSA) is 30.7 Å². The molecule has 0 fully saturated rings. The van der Waals surface area contributed by atoms with Crippen molar-refractivity contribution in [2.24, 2.45) is 0 Å². The monoisotopic (exact) mass is 291 g/mol. The number of hydrogen-bond donors (Lipinski definition) is 0. The molecule has 3 nitrogen and oxygen atoms in total. The fourth-order valence-electron chi connectivity index (χ4n) is 2.78. The molecule has 0 saturated carbocycles. The highest BCUT2D eigenvalue weighted by Gasteiger charge is 2.28. The van der Waals surface area contributed by atoms with Crippen molar-refractivity contribution in [1.82, 2.24) is 14.8 Å². The fraction of sp³-hybridized carbons (Fsp3) is 0.263. The molecule has 1 aromatic heterocycles. The number of nitrogens with zero attached hydrogens (tertiary/aromatic N) is 3. The highest BCUT2D eigenvalue weighted by atomic mass is 15.3. The lowest BCUT2D eigenvalue weighted by Gasteiger charge is -2.25. The van der Waals surface area contributed by atoms with Crippen LogP contribution in [0.5, 0.6) is 0 Å². The normalized spacial score (nSPS) is 11.5. The molecule has 0 spiro atoms. The van der Waals surface area contributed by atoms with Crippen LogP contribution in [0.25, 0.3) is 0 Å². The molecule has 0 N–H and O–H groups in total. The second-order valence-electron chi connectivity index (χ2n) is 6.07. The largest absolute Gasteiger partial charge is 0.317 e. The minimum atomic E-state index is -0.158. The van der Waals surface area contributed by atoms with E-state index in [9.17, 15) is 0 Å². The molecule has 0 saturated heterocycles. The van der Waals surface area contributed by atoms with Crippen molar-refractivity contribution in [3.05, 3.63) is 83.9 Å². The van der Waals surface area contributed by atoms with E-state index in [2.05, 4.69) is 77.1 Å². The summed E-state index contributed by atoms with van der Waals surface area (Å²) in [6.45, 7) is 5.29. The van der Waals surface area contributed by atoms with Crippen LogP contribution in [0, 0.1) is 0 Å². The van der Waals surface area contributed by atoms with E-state index < -0.39 is 0 Å². The van der Waals surface area contributed by atoms with Crippen molar-refractivity contribution >= 4 is 0 Å². The SMILES string of the molecule is CC(C)(c1ccccc1)c1nncn1CCc1ccccc1. The van der Waals surface area contributed by atoms with Gasteiger partial charge < -0.3 is 4.57 Å². The standard InChI is InChI=1S/C19H21N3/c1-19(2,17-11-7-4-8-12-17)18-21-20-15-22(18)14-13-16-9-5-3-6-10-16/h3-12,15H,13-14H2,1-2H3. The van der Waals surface area contributed by atoms with Gasteiger partial charge in [-0.2, -0.15) is 0 Å². The molecular weight excluding hydrogens is 270 g/mol. The first-order chi connectivity index (χ1) is 10.7. The zero-order valence-electron chi connectivity index (χ0n) is 13.1. The van der Waals surface area contributed by atoms with Gasteiger partial charge >= 0.3 is 0 Å². The van der Waals surface area contributed by atoms with Crippen molar-refractivity contribution in [3.63, 3.8) is 0 Å². The van der Waals surface area contributed by atoms with Crippen LogP contribution < -0.4 is 0 Å². The van der Waals surface area contributed by atoms with Crippen LogP contribution in [0.3, 0.4) is 0 Å². The maximum absolute atomic E-state index is 4.39. The van der Waals surface area contributed by atoms with Crippen molar-refractivity contribution in [2.45, 2.75) is 32.2 Å². The molecule has 3 aromatic rings. The lowest BCUT2D eigenvalue weighted by atomic mass is 9.83. The van der Waals surface area contributed by atoms with Gasteiger partial charge in [-0.3, -0.25) is 0 Å². The minimum Gasteiger partial charge on any atom is -0.317 e. The van der Waals surface area contributed by atoms with Crippen LogP contribution in [0.15, 0.2) is 67.0 Å². The fourth-order valence-corrected chi connectivity index (χ4v) is 2.78. The van der Waals surface area contributed by atoms with Crippen LogP contribution in [-0.4, -0.2) is 14.8 Å². The third kappa shape index (κ3) is 2.93. The van der Waals surface area contributed by atoms with Crippen molar-refractivity contribution < 1.29 is 0 Å². The Morgan fingerprint density at radius 1 is 0.909 bits per heavy atom. The lowest BCUT2D eigenvalue weighted by molar-refractivity contribution is 0.529. The lowest BCUT2D eigenvalue weighted by Crippen LogP contribution is -2.24. The molecule has 3 rings (SSSR count). The van der Waals surface area contributed by atoms with Gasteiger partial charge in [-0.25, -0.2) is 0 Å². The molecule has 0 radical (unpaired) electrons. The molecule has 0 bridgehead atoms. The highest BCUT2D eigenvalue weighted by Crippen LogP contribution is 2.29. The van der Waals surface area contributed by atoms with Gasteiger partial charge in [-0.15, -0.1) is 10.2 Å². The average molecular weight is 291 g/mol. The smallest absolute Gasteiger partial charge is 0.142 e. The van der Waals surface area contributed by atoms with Crippen LogP contribution in [-0.2, 0) is 18.4 Å². The third-order valence-corrected chi connectivity index (χ3v) is 4.15. The number of hydrogen-bond acceptors (Lipinski definition) is 2. The molecule has 0 aliphatic rings. The van der Waals surface area contributed by atoms with E-state index in [4.69, 9.17) is 0 Å². The first-order valence-corrected chi connectivity index (χ1v) is 7.65. The van der Waals surface area contributed by atoms with E-state index in [1.54, 1.807) is 0 Å². The summed E-state index contributed by atoms with van der Waals surface area (Å²) >= 11 is 0. The molecular formula is C19H21N3. The van der Waals surface area contributed by atoms with Gasteiger partial charge in [0.2, 0.25) is 0 Å². The Labute approximate surface area is 131 Å². The Kier molecular flexibility index (Phi) is 4.05. The van der Waals surface area contributed by atoms with E-state index in [-0.39, 0.29) is 5.41 Å². The molecule has 3 heteroatoms. The minimum absolute atomic E-state index is 0.158. The molecule has 0 atom stereocenters. The first kappa shape index (κ1) is 14.5. The summed E-state index contributed by atoms with van der Waals surface area (Å²) in [5.41, 5.74) is 2.43. The van der Waals surface area contributed by atoms with Gasteiger partial charge in [0.1, 0.15) is 12.2 Å². The second-order valence-corrected chi connectivity index (χ2v) is 6.07. The van der Waals surface area contributed by atoms with Crippen molar-refractivity contribution in [1.29, 1.82) is 0 Å². The van der Waals surface area contributed by atoms with Crippen LogP contribution in [0.4, 0.5) is 0 Å². The van der Waals surface area contributed by atoms with E-state index in [0.29, 0.717) is 0 Å². The Hall–Kier alpha value is -2.42. The summed E-state index contributed by atoms with van der Waals surface area (Å²) in [4.78, 5) is 0. The zero-order chi connectivity index (χ0) is 15.4. The number of benzene rings is 2. The predicted molar refractivity (Wildman–Crippen MR) is 88.7 cm³/mol. The molecule has 0 aliphatic heterocycles. The van der Waals surface area contributed by atoms with Crippen LogP contribution in [0.1, 0.15) is 30.8 Å². The number of rotatable bonds is 5. The predicted octanol–water partition coefficient (Wildman–Crippen LogP) is 3.85. The summed E-state index contributed by atoms with van der Waals surface area (Å²) < 4.78 is 2.17. The van der Waals surface area contributed by atoms with E-state index in [1.807, 2.05) is 18.5 Å². The maximum Gasteiger partial charge on any atom is 0.142 e. The molecule has 2 aromatic carbocycles.